The van der Waals surface area contributed by atoms with Gasteiger partial charge in [-0.2, -0.15) is 0 Å². The Hall–Kier alpha value is -1.31. The number of fused-ring (bicyclic) bond motifs is 1. The van der Waals surface area contributed by atoms with Gasteiger partial charge in [0.25, 0.3) is 0 Å². The number of hydrogen-bond acceptors (Lipinski definition) is 2. The second-order valence-electron chi connectivity index (χ2n) is 5.62. The van der Waals surface area contributed by atoms with Crippen molar-refractivity contribution in [2.75, 3.05) is 13.6 Å². The topological polar surface area (TPSA) is 53.7 Å². The van der Waals surface area contributed by atoms with Crippen LogP contribution in [-0.2, 0) is 6.54 Å². The minimum atomic E-state index is 0. The fraction of sp³-hybridized carbons (Fsp3) is 0.529. The van der Waals surface area contributed by atoms with E-state index in [9.17, 15) is 0 Å². The largest absolute Gasteiger partial charge is 0.356 e. The number of imidazole rings is 1. The van der Waals surface area contributed by atoms with Crippen LogP contribution in [0.25, 0.3) is 5.65 Å². The smallest absolute Gasteiger partial charge is 0.191 e. The highest BCUT2D eigenvalue weighted by Gasteiger charge is 2.06. The van der Waals surface area contributed by atoms with Crippen molar-refractivity contribution in [3.63, 3.8) is 0 Å². The fourth-order valence-corrected chi connectivity index (χ4v) is 2.50. The lowest BCUT2D eigenvalue weighted by Crippen LogP contribution is -2.39. The van der Waals surface area contributed by atoms with E-state index in [0.29, 0.717) is 12.5 Å². The van der Waals surface area contributed by atoms with E-state index in [0.717, 1.165) is 23.8 Å². The third-order valence-corrected chi connectivity index (χ3v) is 4.12. The number of aryl methyl sites for hydroxylation is 1. The van der Waals surface area contributed by atoms with Crippen molar-refractivity contribution >= 4 is 35.6 Å². The Balaban J connectivity index is 0.00000264. The van der Waals surface area contributed by atoms with Crippen LogP contribution < -0.4 is 10.6 Å². The molecule has 0 saturated heterocycles. The van der Waals surface area contributed by atoms with Gasteiger partial charge in [0, 0.05) is 25.5 Å². The van der Waals surface area contributed by atoms with Crippen LogP contribution in [0.5, 0.6) is 0 Å². The Kier molecular flexibility index (Phi) is 8.36. The first-order chi connectivity index (χ1) is 10.7. The molecule has 2 N–H and O–H groups in total. The van der Waals surface area contributed by atoms with Gasteiger partial charge in [-0.25, -0.2) is 4.98 Å². The monoisotopic (exact) mass is 429 g/mol. The molecule has 0 radical (unpaired) electrons. The van der Waals surface area contributed by atoms with Gasteiger partial charge >= 0.3 is 0 Å². The maximum Gasteiger partial charge on any atom is 0.191 e. The molecular formula is C17H28IN5. The average molecular weight is 429 g/mol. The number of nitrogens with zero attached hydrogens (tertiary/aromatic N) is 3. The van der Waals surface area contributed by atoms with E-state index in [1.165, 1.54) is 18.5 Å². The lowest BCUT2D eigenvalue weighted by molar-refractivity contribution is 0.481. The highest BCUT2D eigenvalue weighted by Crippen LogP contribution is 2.08. The van der Waals surface area contributed by atoms with Gasteiger partial charge in [-0.15, -0.1) is 24.0 Å². The predicted molar refractivity (Wildman–Crippen MR) is 108 cm³/mol. The fourth-order valence-electron chi connectivity index (χ4n) is 2.50. The Morgan fingerprint density at radius 3 is 2.61 bits per heavy atom. The summed E-state index contributed by atoms with van der Waals surface area (Å²) in [5.41, 5.74) is 3.18. The first-order valence-corrected chi connectivity index (χ1v) is 8.06. The first-order valence-electron chi connectivity index (χ1n) is 8.06. The summed E-state index contributed by atoms with van der Waals surface area (Å²) in [5, 5.41) is 6.72. The summed E-state index contributed by atoms with van der Waals surface area (Å²) >= 11 is 0. The van der Waals surface area contributed by atoms with Crippen molar-refractivity contribution in [2.24, 2.45) is 10.9 Å². The van der Waals surface area contributed by atoms with Crippen molar-refractivity contribution in [1.29, 1.82) is 0 Å². The van der Waals surface area contributed by atoms with Crippen LogP contribution >= 0.6 is 24.0 Å². The molecule has 0 spiro atoms. The molecule has 0 saturated carbocycles. The average Bonchev–Trinajstić information content (AvgIpc) is 2.95. The number of halogens is 1. The van der Waals surface area contributed by atoms with Gasteiger partial charge in [-0.05, 0) is 25.0 Å². The number of pyridine rings is 1. The normalized spacial score (nSPS) is 11.6. The zero-order valence-corrected chi connectivity index (χ0v) is 16.8. The zero-order chi connectivity index (χ0) is 15.9. The van der Waals surface area contributed by atoms with E-state index in [4.69, 9.17) is 0 Å². The molecule has 5 nitrogen and oxygen atoms in total. The Labute approximate surface area is 156 Å². The second kappa shape index (κ2) is 9.75. The molecule has 23 heavy (non-hydrogen) atoms. The van der Waals surface area contributed by atoms with Gasteiger partial charge < -0.3 is 15.0 Å². The van der Waals surface area contributed by atoms with Crippen molar-refractivity contribution in [3.05, 3.63) is 35.8 Å². The SMILES string of the molecule is CCC(CC)CNC(=NC)NCc1cn2c(C)cccc2n1.I. The molecule has 2 heterocycles. The summed E-state index contributed by atoms with van der Waals surface area (Å²) in [6.45, 7) is 8.17. The number of hydrogen-bond donors (Lipinski definition) is 2. The van der Waals surface area contributed by atoms with Crippen LogP contribution in [0.1, 0.15) is 38.1 Å². The molecule has 0 atom stereocenters. The molecule has 128 valence electrons. The Bertz CT molecular complexity index is 631. The van der Waals surface area contributed by atoms with Gasteiger partial charge in [0.2, 0.25) is 0 Å². The van der Waals surface area contributed by atoms with Gasteiger partial charge in [-0.1, -0.05) is 32.8 Å². The molecule has 2 rings (SSSR count). The Morgan fingerprint density at radius 2 is 2.00 bits per heavy atom. The molecule has 0 fully saturated rings. The summed E-state index contributed by atoms with van der Waals surface area (Å²) in [7, 11) is 1.80. The maximum absolute atomic E-state index is 4.63. The second-order valence-corrected chi connectivity index (χ2v) is 5.62. The third kappa shape index (κ3) is 5.37. The summed E-state index contributed by atoms with van der Waals surface area (Å²) in [6, 6.07) is 6.14. The number of aliphatic imine (C=N–C) groups is 1. The molecule has 2 aromatic rings. The molecular weight excluding hydrogens is 401 g/mol. The maximum atomic E-state index is 4.63. The molecule has 2 aromatic heterocycles. The summed E-state index contributed by atoms with van der Waals surface area (Å²) < 4.78 is 2.11. The molecule has 0 aliphatic heterocycles. The molecule has 6 heteroatoms. The van der Waals surface area contributed by atoms with Crippen LogP contribution in [0.2, 0.25) is 0 Å². The van der Waals surface area contributed by atoms with Crippen LogP contribution in [0, 0.1) is 12.8 Å². The van der Waals surface area contributed by atoms with Gasteiger partial charge in [0.1, 0.15) is 5.65 Å². The van der Waals surface area contributed by atoms with Gasteiger partial charge in [0.15, 0.2) is 5.96 Å². The minimum Gasteiger partial charge on any atom is -0.356 e. The molecule has 0 unspecified atom stereocenters. The van der Waals surface area contributed by atoms with Crippen molar-refractivity contribution in [2.45, 2.75) is 40.2 Å². The standard InChI is InChI=1S/C17H27N5.HI/c1-5-14(6-2)10-19-17(18-4)20-11-15-12-22-13(3)8-7-9-16(22)21-15;/h7-9,12,14H,5-6,10-11H2,1-4H3,(H2,18,19,20);1H. The van der Waals surface area contributed by atoms with Crippen molar-refractivity contribution < 1.29 is 0 Å². The lowest BCUT2D eigenvalue weighted by Gasteiger charge is -2.16. The van der Waals surface area contributed by atoms with Crippen LogP contribution in [0.4, 0.5) is 0 Å². The third-order valence-electron chi connectivity index (χ3n) is 4.12. The lowest BCUT2D eigenvalue weighted by atomic mass is 10.0. The quantitative estimate of drug-likeness (QED) is 0.421. The zero-order valence-electron chi connectivity index (χ0n) is 14.5. The van der Waals surface area contributed by atoms with Gasteiger partial charge in [0.05, 0.1) is 12.2 Å². The van der Waals surface area contributed by atoms with E-state index in [-0.39, 0.29) is 24.0 Å². The van der Waals surface area contributed by atoms with E-state index in [1.54, 1.807) is 7.05 Å². The minimum absolute atomic E-state index is 0. The summed E-state index contributed by atoms with van der Waals surface area (Å²) in [4.78, 5) is 8.90. The molecule has 0 aromatic carbocycles. The number of guanidine groups is 1. The molecule has 0 aliphatic carbocycles. The van der Waals surface area contributed by atoms with Gasteiger partial charge in [-0.3, -0.25) is 4.99 Å². The predicted octanol–water partition coefficient (Wildman–Crippen LogP) is 3.36. The van der Waals surface area contributed by atoms with Crippen LogP contribution in [0.15, 0.2) is 29.4 Å². The number of rotatable bonds is 6. The van der Waals surface area contributed by atoms with Crippen molar-refractivity contribution in [3.8, 4) is 0 Å². The van der Waals surface area contributed by atoms with E-state index < -0.39 is 0 Å². The summed E-state index contributed by atoms with van der Waals surface area (Å²) in [6.07, 6.45) is 4.45. The molecule has 0 aliphatic rings. The number of nitrogens with one attached hydrogen (secondary N) is 2. The molecule has 0 amide bonds. The van der Waals surface area contributed by atoms with Crippen LogP contribution in [-0.4, -0.2) is 28.9 Å². The Morgan fingerprint density at radius 1 is 1.26 bits per heavy atom. The first kappa shape index (κ1) is 19.7. The molecule has 0 bridgehead atoms. The van der Waals surface area contributed by atoms with Crippen molar-refractivity contribution in [1.82, 2.24) is 20.0 Å². The van der Waals surface area contributed by atoms with E-state index >= 15 is 0 Å². The highest BCUT2D eigenvalue weighted by atomic mass is 127. The number of aromatic nitrogens is 2. The van der Waals surface area contributed by atoms with E-state index in [1.807, 2.05) is 12.1 Å². The highest BCUT2D eigenvalue weighted by molar-refractivity contribution is 14.0. The van der Waals surface area contributed by atoms with E-state index in [2.05, 4.69) is 58.0 Å². The van der Waals surface area contributed by atoms with Crippen LogP contribution in [0.3, 0.4) is 0 Å². The summed E-state index contributed by atoms with van der Waals surface area (Å²) in [5.74, 6) is 1.53.